The fraction of sp³-hybridized carbons (Fsp3) is 1.00. The highest BCUT2D eigenvalue weighted by molar-refractivity contribution is 4.91. The third-order valence-corrected chi connectivity index (χ3v) is 3.05. The summed E-state index contributed by atoms with van der Waals surface area (Å²) in [5.74, 6) is 0. The van der Waals surface area contributed by atoms with Crippen molar-refractivity contribution < 1.29 is 5.11 Å². The van der Waals surface area contributed by atoms with E-state index in [1.807, 2.05) is 0 Å². The molecule has 1 N–H and O–H groups in total. The Morgan fingerprint density at radius 1 is 1.36 bits per heavy atom. The number of aliphatic hydroxyl groups is 1. The first-order valence-electron chi connectivity index (χ1n) is 4.70. The second kappa shape index (κ2) is 2.78. The SMILES string of the molecule is CCC(C)(C)CC1(O)CCC1. The van der Waals surface area contributed by atoms with Crippen LogP contribution in [-0.4, -0.2) is 10.7 Å². The van der Waals surface area contributed by atoms with Crippen molar-refractivity contribution in [1.29, 1.82) is 0 Å². The van der Waals surface area contributed by atoms with Crippen LogP contribution in [0.3, 0.4) is 0 Å². The summed E-state index contributed by atoms with van der Waals surface area (Å²) >= 11 is 0. The summed E-state index contributed by atoms with van der Waals surface area (Å²) in [6, 6.07) is 0. The average Bonchev–Trinajstić information content (AvgIpc) is 1.84. The van der Waals surface area contributed by atoms with Gasteiger partial charge in [0.25, 0.3) is 0 Å². The minimum atomic E-state index is -0.292. The quantitative estimate of drug-likeness (QED) is 0.666. The molecule has 0 bridgehead atoms. The summed E-state index contributed by atoms with van der Waals surface area (Å²) in [5.41, 5.74) is 0.0364. The van der Waals surface area contributed by atoms with Crippen molar-refractivity contribution >= 4 is 0 Å². The predicted molar refractivity (Wildman–Crippen MR) is 47.5 cm³/mol. The molecule has 0 spiro atoms. The van der Waals surface area contributed by atoms with E-state index in [1.54, 1.807) is 0 Å². The van der Waals surface area contributed by atoms with Crippen molar-refractivity contribution in [3.05, 3.63) is 0 Å². The van der Waals surface area contributed by atoms with E-state index in [9.17, 15) is 5.11 Å². The first kappa shape index (κ1) is 9.05. The van der Waals surface area contributed by atoms with Gasteiger partial charge in [-0.15, -0.1) is 0 Å². The normalized spacial score (nSPS) is 22.9. The summed E-state index contributed by atoms with van der Waals surface area (Å²) in [5, 5.41) is 9.88. The fourth-order valence-electron chi connectivity index (χ4n) is 1.78. The van der Waals surface area contributed by atoms with E-state index in [0.717, 1.165) is 25.7 Å². The van der Waals surface area contributed by atoms with Crippen molar-refractivity contribution in [3.8, 4) is 0 Å². The van der Waals surface area contributed by atoms with Crippen molar-refractivity contribution in [2.24, 2.45) is 5.41 Å². The lowest BCUT2D eigenvalue weighted by molar-refractivity contribution is -0.0663. The molecule has 0 radical (unpaired) electrons. The Morgan fingerprint density at radius 2 is 1.91 bits per heavy atom. The van der Waals surface area contributed by atoms with E-state index in [4.69, 9.17) is 0 Å². The van der Waals surface area contributed by atoms with Crippen molar-refractivity contribution in [2.75, 3.05) is 0 Å². The zero-order chi connectivity index (χ0) is 8.54. The lowest BCUT2D eigenvalue weighted by Gasteiger charge is -2.42. The topological polar surface area (TPSA) is 20.2 Å². The van der Waals surface area contributed by atoms with Gasteiger partial charge in [0.2, 0.25) is 0 Å². The highest BCUT2D eigenvalue weighted by Gasteiger charge is 2.38. The van der Waals surface area contributed by atoms with E-state index in [2.05, 4.69) is 20.8 Å². The molecule has 0 saturated heterocycles. The van der Waals surface area contributed by atoms with Crippen molar-refractivity contribution in [2.45, 2.75) is 58.5 Å². The molecular formula is C10H20O. The van der Waals surface area contributed by atoms with Gasteiger partial charge in [0, 0.05) is 0 Å². The highest BCUT2D eigenvalue weighted by atomic mass is 16.3. The van der Waals surface area contributed by atoms with Gasteiger partial charge in [-0.2, -0.15) is 0 Å². The van der Waals surface area contributed by atoms with E-state index in [0.29, 0.717) is 5.41 Å². The minimum Gasteiger partial charge on any atom is -0.390 e. The van der Waals surface area contributed by atoms with Gasteiger partial charge in [0.1, 0.15) is 0 Å². The number of hydrogen-bond acceptors (Lipinski definition) is 1. The van der Waals surface area contributed by atoms with E-state index >= 15 is 0 Å². The third kappa shape index (κ3) is 2.19. The number of rotatable bonds is 3. The van der Waals surface area contributed by atoms with Crippen LogP contribution in [0.1, 0.15) is 52.9 Å². The molecule has 0 aromatic rings. The van der Waals surface area contributed by atoms with E-state index in [-0.39, 0.29) is 5.60 Å². The van der Waals surface area contributed by atoms with Gasteiger partial charge < -0.3 is 5.11 Å². The van der Waals surface area contributed by atoms with Crippen LogP contribution in [0.15, 0.2) is 0 Å². The van der Waals surface area contributed by atoms with Crippen LogP contribution in [0.4, 0.5) is 0 Å². The first-order valence-corrected chi connectivity index (χ1v) is 4.70. The number of hydrogen-bond donors (Lipinski definition) is 1. The Labute approximate surface area is 69.8 Å². The second-order valence-electron chi connectivity index (χ2n) is 4.77. The molecule has 0 aliphatic heterocycles. The molecular weight excluding hydrogens is 136 g/mol. The summed E-state index contributed by atoms with van der Waals surface area (Å²) in [6.45, 7) is 6.68. The molecule has 0 aromatic carbocycles. The molecule has 0 amide bonds. The Hall–Kier alpha value is -0.0400. The Balaban J connectivity index is 2.40. The van der Waals surface area contributed by atoms with Gasteiger partial charge in [-0.1, -0.05) is 27.2 Å². The monoisotopic (exact) mass is 156 g/mol. The maximum atomic E-state index is 9.88. The van der Waals surface area contributed by atoms with E-state index < -0.39 is 0 Å². The Bertz CT molecular complexity index is 124. The molecule has 1 heteroatoms. The predicted octanol–water partition coefficient (Wildman–Crippen LogP) is 2.73. The van der Waals surface area contributed by atoms with Gasteiger partial charge >= 0.3 is 0 Å². The van der Waals surface area contributed by atoms with E-state index in [1.165, 1.54) is 6.42 Å². The zero-order valence-corrected chi connectivity index (χ0v) is 7.98. The smallest absolute Gasteiger partial charge is 0.0653 e. The second-order valence-corrected chi connectivity index (χ2v) is 4.77. The lowest BCUT2D eigenvalue weighted by atomic mass is 9.69. The average molecular weight is 156 g/mol. The summed E-state index contributed by atoms with van der Waals surface area (Å²) < 4.78 is 0. The molecule has 0 heterocycles. The van der Waals surface area contributed by atoms with Crippen LogP contribution in [0.25, 0.3) is 0 Å². The van der Waals surface area contributed by atoms with Crippen LogP contribution >= 0.6 is 0 Å². The van der Waals surface area contributed by atoms with Crippen LogP contribution < -0.4 is 0 Å². The molecule has 1 aliphatic carbocycles. The van der Waals surface area contributed by atoms with Crippen molar-refractivity contribution in [1.82, 2.24) is 0 Å². The van der Waals surface area contributed by atoms with Crippen LogP contribution in [0, 0.1) is 5.41 Å². The summed E-state index contributed by atoms with van der Waals surface area (Å²) in [7, 11) is 0. The maximum Gasteiger partial charge on any atom is 0.0653 e. The molecule has 11 heavy (non-hydrogen) atoms. The van der Waals surface area contributed by atoms with Gasteiger partial charge in [0.15, 0.2) is 0 Å². The van der Waals surface area contributed by atoms with Crippen LogP contribution in [-0.2, 0) is 0 Å². The molecule has 0 atom stereocenters. The molecule has 0 aromatic heterocycles. The maximum absolute atomic E-state index is 9.88. The third-order valence-electron chi connectivity index (χ3n) is 3.05. The molecule has 1 fully saturated rings. The fourth-order valence-corrected chi connectivity index (χ4v) is 1.78. The standard InChI is InChI=1S/C10H20O/c1-4-9(2,3)8-10(11)6-5-7-10/h11H,4-8H2,1-3H3. The lowest BCUT2D eigenvalue weighted by Crippen LogP contribution is -2.40. The van der Waals surface area contributed by atoms with Gasteiger partial charge in [0.05, 0.1) is 5.60 Å². The molecule has 1 saturated carbocycles. The van der Waals surface area contributed by atoms with Gasteiger partial charge in [-0.25, -0.2) is 0 Å². The molecule has 0 unspecified atom stereocenters. The molecule has 1 nitrogen and oxygen atoms in total. The highest BCUT2D eigenvalue weighted by Crippen LogP contribution is 2.42. The Morgan fingerprint density at radius 3 is 2.18 bits per heavy atom. The van der Waals surface area contributed by atoms with Crippen molar-refractivity contribution in [3.63, 3.8) is 0 Å². The van der Waals surface area contributed by atoms with Gasteiger partial charge in [-0.3, -0.25) is 0 Å². The molecule has 1 aliphatic rings. The summed E-state index contributed by atoms with van der Waals surface area (Å²) in [4.78, 5) is 0. The van der Waals surface area contributed by atoms with Crippen LogP contribution in [0.2, 0.25) is 0 Å². The minimum absolute atomic E-state index is 0.292. The van der Waals surface area contributed by atoms with Gasteiger partial charge in [-0.05, 0) is 31.1 Å². The zero-order valence-electron chi connectivity index (χ0n) is 7.98. The largest absolute Gasteiger partial charge is 0.390 e. The molecule has 1 rings (SSSR count). The molecule has 66 valence electrons. The first-order chi connectivity index (χ1) is 4.97. The Kier molecular flexibility index (Phi) is 2.29. The summed E-state index contributed by atoms with van der Waals surface area (Å²) in [6.07, 6.45) is 5.41. The van der Waals surface area contributed by atoms with Crippen LogP contribution in [0.5, 0.6) is 0 Å².